The third-order valence-electron chi connectivity index (χ3n) is 5.71. The Hall–Kier alpha value is -2.37. The molecule has 1 N–H and O–H groups in total. The average Bonchev–Trinajstić information content (AvgIpc) is 3.03. The zero-order valence-electron chi connectivity index (χ0n) is 17.3. The Morgan fingerprint density at radius 3 is 2.47 bits per heavy atom. The van der Waals surface area contributed by atoms with E-state index in [2.05, 4.69) is 29.3 Å². The molecule has 0 radical (unpaired) electrons. The molecule has 0 bridgehead atoms. The molecule has 0 atom stereocenters. The lowest BCUT2D eigenvalue weighted by Crippen LogP contribution is -2.08. The summed E-state index contributed by atoms with van der Waals surface area (Å²) in [6, 6.07) is 14.2. The van der Waals surface area contributed by atoms with Crippen molar-refractivity contribution < 1.29 is 5.11 Å². The van der Waals surface area contributed by atoms with Crippen LogP contribution in [0.3, 0.4) is 0 Å². The molecule has 0 unspecified atom stereocenters. The van der Waals surface area contributed by atoms with Crippen LogP contribution in [-0.2, 0) is 7.05 Å². The largest absolute Gasteiger partial charge is 0.493 e. The van der Waals surface area contributed by atoms with E-state index in [1.807, 2.05) is 25.1 Å². The number of aromatic nitrogens is 1. The predicted molar refractivity (Wildman–Crippen MR) is 126 cm³/mol. The van der Waals surface area contributed by atoms with Gasteiger partial charge in [0.2, 0.25) is 5.88 Å². The molecule has 0 saturated heterocycles. The van der Waals surface area contributed by atoms with Crippen LogP contribution in [-0.4, -0.2) is 15.9 Å². The maximum absolute atomic E-state index is 10.5. The second-order valence-electron chi connectivity index (χ2n) is 7.86. The molecule has 4 rings (SSSR count). The molecule has 0 spiro atoms. The fourth-order valence-corrected chi connectivity index (χ4v) is 4.89. The molecule has 0 aliphatic heterocycles. The first-order valence-corrected chi connectivity index (χ1v) is 11.5. The summed E-state index contributed by atoms with van der Waals surface area (Å²) in [7, 11) is 1.81. The van der Waals surface area contributed by atoms with Crippen LogP contribution in [0, 0.1) is 6.92 Å². The van der Waals surface area contributed by atoms with Gasteiger partial charge in [-0.3, -0.25) is 9.56 Å². The first-order chi connectivity index (χ1) is 14.5. The fourth-order valence-electron chi connectivity index (χ4n) is 3.81. The van der Waals surface area contributed by atoms with Gasteiger partial charge in [-0.05, 0) is 61.1 Å². The summed E-state index contributed by atoms with van der Waals surface area (Å²) in [5.74, 6) is 0.840. The van der Waals surface area contributed by atoms with Crippen LogP contribution in [0.2, 0.25) is 5.02 Å². The Bertz CT molecular complexity index is 1120. The Balaban J connectivity index is 1.56. The summed E-state index contributed by atoms with van der Waals surface area (Å²) in [4.78, 5) is 10.6. The van der Waals surface area contributed by atoms with Crippen molar-refractivity contribution in [2.45, 2.75) is 44.9 Å². The molecule has 4 nitrogen and oxygen atoms in total. The van der Waals surface area contributed by atoms with Crippen LogP contribution in [0.1, 0.15) is 54.0 Å². The van der Waals surface area contributed by atoms with Gasteiger partial charge < -0.3 is 5.11 Å². The Morgan fingerprint density at radius 1 is 1.07 bits per heavy atom. The van der Waals surface area contributed by atoms with E-state index in [-0.39, 0.29) is 5.88 Å². The standard InChI is InChI=1S/C24H26ClN3OS/c1-16-8-11-20(14-21(16)25)26-15-22-23(29)28(2)24(30-22)27-19-12-9-18(10-13-19)17-6-4-3-5-7-17/h8-15,17,29H,3-7H2,1-2H3. The van der Waals surface area contributed by atoms with E-state index >= 15 is 0 Å². The van der Waals surface area contributed by atoms with Gasteiger partial charge in [-0.1, -0.05) is 60.4 Å². The fraction of sp³-hybridized carbons (Fsp3) is 0.333. The van der Waals surface area contributed by atoms with Crippen molar-refractivity contribution in [2.75, 3.05) is 0 Å². The van der Waals surface area contributed by atoms with Gasteiger partial charge >= 0.3 is 0 Å². The zero-order chi connectivity index (χ0) is 21.1. The van der Waals surface area contributed by atoms with Crippen molar-refractivity contribution in [1.29, 1.82) is 0 Å². The van der Waals surface area contributed by atoms with Gasteiger partial charge in [0.1, 0.15) is 4.88 Å². The first-order valence-electron chi connectivity index (χ1n) is 10.3. The minimum atomic E-state index is 0.152. The van der Waals surface area contributed by atoms with Gasteiger partial charge in [0.25, 0.3) is 0 Å². The predicted octanol–water partition coefficient (Wildman–Crippen LogP) is 6.78. The number of benzene rings is 2. The van der Waals surface area contributed by atoms with Crippen LogP contribution in [0.15, 0.2) is 52.4 Å². The molecule has 1 aliphatic carbocycles. The summed E-state index contributed by atoms with van der Waals surface area (Å²) in [6.07, 6.45) is 8.27. The van der Waals surface area contributed by atoms with Crippen molar-refractivity contribution in [2.24, 2.45) is 17.0 Å². The molecule has 2 aromatic carbocycles. The molecule has 1 aromatic heterocycles. The average molecular weight is 440 g/mol. The van der Waals surface area contributed by atoms with Gasteiger partial charge in [-0.15, -0.1) is 0 Å². The number of aryl methyl sites for hydroxylation is 1. The lowest BCUT2D eigenvalue weighted by molar-refractivity contribution is 0.428. The first kappa shape index (κ1) is 20.9. The summed E-state index contributed by atoms with van der Waals surface area (Å²) < 4.78 is 1.68. The molecular formula is C24H26ClN3OS. The second-order valence-corrected chi connectivity index (χ2v) is 9.28. The molecule has 156 valence electrons. The lowest BCUT2D eigenvalue weighted by Gasteiger charge is -2.21. The van der Waals surface area contributed by atoms with Gasteiger partial charge in [-0.25, -0.2) is 4.99 Å². The highest BCUT2D eigenvalue weighted by Gasteiger charge is 2.15. The lowest BCUT2D eigenvalue weighted by atomic mass is 9.84. The number of rotatable bonds is 4. The van der Waals surface area contributed by atoms with Crippen LogP contribution >= 0.6 is 22.9 Å². The molecule has 3 aromatic rings. The van der Waals surface area contributed by atoms with Crippen LogP contribution in [0.25, 0.3) is 0 Å². The van der Waals surface area contributed by atoms with E-state index in [1.54, 1.807) is 17.8 Å². The van der Waals surface area contributed by atoms with Gasteiger partial charge in [0.05, 0.1) is 17.6 Å². The number of aromatic hydroxyl groups is 1. The minimum Gasteiger partial charge on any atom is -0.493 e. The molecule has 1 aliphatic rings. The van der Waals surface area contributed by atoms with E-state index in [0.717, 1.165) is 21.7 Å². The third kappa shape index (κ3) is 4.68. The van der Waals surface area contributed by atoms with Crippen LogP contribution in [0.5, 0.6) is 5.88 Å². The Labute approximate surface area is 186 Å². The van der Waals surface area contributed by atoms with E-state index in [4.69, 9.17) is 16.6 Å². The van der Waals surface area contributed by atoms with Crippen molar-refractivity contribution >= 4 is 40.5 Å². The SMILES string of the molecule is Cc1ccc(N=Cc2sc(=Nc3ccc(C4CCCCC4)cc3)n(C)c2O)cc1Cl. The Kier molecular flexibility index (Phi) is 6.40. The summed E-state index contributed by atoms with van der Waals surface area (Å²) in [5.41, 5.74) is 4.06. The number of hydrogen-bond acceptors (Lipinski definition) is 4. The third-order valence-corrected chi connectivity index (χ3v) is 7.17. The number of hydrogen-bond donors (Lipinski definition) is 1. The molecule has 30 heavy (non-hydrogen) atoms. The van der Waals surface area contributed by atoms with Gasteiger partial charge in [0, 0.05) is 12.1 Å². The summed E-state index contributed by atoms with van der Waals surface area (Å²) in [6.45, 7) is 1.95. The monoisotopic (exact) mass is 439 g/mol. The number of aliphatic imine (C=N–C) groups is 1. The van der Waals surface area contributed by atoms with E-state index in [9.17, 15) is 5.11 Å². The summed E-state index contributed by atoms with van der Waals surface area (Å²) >= 11 is 7.57. The molecular weight excluding hydrogens is 414 g/mol. The second kappa shape index (κ2) is 9.19. The molecule has 1 fully saturated rings. The number of thiazole rings is 1. The maximum Gasteiger partial charge on any atom is 0.212 e. The number of halogens is 1. The Morgan fingerprint density at radius 2 is 1.77 bits per heavy atom. The van der Waals surface area contributed by atoms with Crippen molar-refractivity contribution in [3.05, 3.63) is 68.3 Å². The van der Waals surface area contributed by atoms with Crippen molar-refractivity contribution in [3.8, 4) is 5.88 Å². The van der Waals surface area contributed by atoms with Gasteiger partial charge in [-0.2, -0.15) is 0 Å². The van der Waals surface area contributed by atoms with Crippen LogP contribution in [0.4, 0.5) is 11.4 Å². The van der Waals surface area contributed by atoms with Crippen molar-refractivity contribution in [1.82, 2.24) is 4.57 Å². The summed E-state index contributed by atoms with van der Waals surface area (Å²) in [5, 5.41) is 11.2. The molecule has 1 saturated carbocycles. The molecule has 1 heterocycles. The number of nitrogens with zero attached hydrogens (tertiary/aromatic N) is 3. The molecule has 6 heteroatoms. The quantitative estimate of drug-likeness (QED) is 0.447. The van der Waals surface area contributed by atoms with Gasteiger partial charge in [0.15, 0.2) is 4.80 Å². The van der Waals surface area contributed by atoms with E-state index in [1.165, 1.54) is 49.0 Å². The highest BCUT2D eigenvalue weighted by molar-refractivity contribution is 7.11. The van der Waals surface area contributed by atoms with Crippen LogP contribution < -0.4 is 4.80 Å². The maximum atomic E-state index is 10.5. The highest BCUT2D eigenvalue weighted by atomic mass is 35.5. The van der Waals surface area contributed by atoms with E-state index in [0.29, 0.717) is 15.8 Å². The van der Waals surface area contributed by atoms with Crippen molar-refractivity contribution in [3.63, 3.8) is 0 Å². The smallest absolute Gasteiger partial charge is 0.212 e. The highest BCUT2D eigenvalue weighted by Crippen LogP contribution is 2.33. The normalized spacial score (nSPS) is 15.9. The van der Waals surface area contributed by atoms with E-state index < -0.39 is 0 Å². The molecule has 0 amide bonds. The topological polar surface area (TPSA) is 49.9 Å². The zero-order valence-corrected chi connectivity index (χ0v) is 18.9. The minimum absolute atomic E-state index is 0.152.